The Morgan fingerprint density at radius 1 is 0.919 bits per heavy atom. The van der Waals surface area contributed by atoms with Gasteiger partial charge in [0.1, 0.15) is 0 Å². The van der Waals surface area contributed by atoms with E-state index < -0.39 is 24.9 Å². The van der Waals surface area contributed by atoms with Gasteiger partial charge < -0.3 is 14.8 Å². The molecular weight excluding hydrogens is 514 g/mol. The summed E-state index contributed by atoms with van der Waals surface area (Å²) in [6, 6.07) is 14.7. The molecule has 1 atom stereocenters. The van der Waals surface area contributed by atoms with Crippen molar-refractivity contribution in [2.45, 2.75) is 30.4 Å². The number of carbonyl (C=O) groups is 2. The third kappa shape index (κ3) is 5.47. The molecule has 2 amide bonds. The zero-order chi connectivity index (χ0) is 27.1. The fourth-order valence-electron chi connectivity index (χ4n) is 4.63. The van der Waals surface area contributed by atoms with Gasteiger partial charge in [-0.2, -0.15) is 0 Å². The summed E-state index contributed by atoms with van der Waals surface area (Å²) in [5.41, 5.74) is 3.24. The topological polar surface area (TPSA) is 123 Å². The molecule has 1 aliphatic heterocycles. The Morgan fingerprint density at radius 2 is 1.57 bits per heavy atom. The van der Waals surface area contributed by atoms with Gasteiger partial charge in [0, 0.05) is 42.7 Å². The molecule has 37 heavy (non-hydrogen) atoms. The van der Waals surface area contributed by atoms with Gasteiger partial charge in [-0.3, -0.25) is 9.59 Å². The third-order valence-electron chi connectivity index (χ3n) is 6.63. The summed E-state index contributed by atoms with van der Waals surface area (Å²) in [6.07, 6.45) is 2.72. The SMILES string of the molecule is Cc1cc(C(=O)Nc2ccc(S(C)(=O)=O)cc2)c(C)n1-c1ccccc1C(=O)N1CCC(S(C)(=O)=O)C1. The molecule has 11 heteroatoms. The molecule has 0 radical (unpaired) electrons. The number of anilines is 1. The van der Waals surface area contributed by atoms with Gasteiger partial charge in [0.2, 0.25) is 0 Å². The monoisotopic (exact) mass is 543 g/mol. The Labute approximate surface area is 216 Å². The quantitative estimate of drug-likeness (QED) is 0.510. The number of aryl methyl sites for hydroxylation is 1. The first-order valence-corrected chi connectivity index (χ1v) is 15.5. The highest BCUT2D eigenvalue weighted by Gasteiger charge is 2.34. The molecule has 2 heterocycles. The van der Waals surface area contributed by atoms with Crippen molar-refractivity contribution in [3.63, 3.8) is 0 Å². The minimum absolute atomic E-state index is 0.154. The van der Waals surface area contributed by atoms with E-state index in [9.17, 15) is 26.4 Å². The maximum absolute atomic E-state index is 13.4. The van der Waals surface area contributed by atoms with E-state index in [4.69, 9.17) is 0 Å². The molecule has 0 aliphatic carbocycles. The van der Waals surface area contributed by atoms with Crippen LogP contribution >= 0.6 is 0 Å². The molecular formula is C26H29N3O6S2. The number of amides is 2. The first-order chi connectivity index (χ1) is 17.3. The van der Waals surface area contributed by atoms with Gasteiger partial charge in [0.15, 0.2) is 19.7 Å². The largest absolute Gasteiger partial charge is 0.337 e. The van der Waals surface area contributed by atoms with E-state index in [2.05, 4.69) is 5.32 Å². The first kappa shape index (κ1) is 26.6. The van der Waals surface area contributed by atoms with Crippen LogP contribution in [0.3, 0.4) is 0 Å². The van der Waals surface area contributed by atoms with Crippen LogP contribution in [0, 0.1) is 13.8 Å². The van der Waals surface area contributed by atoms with Crippen molar-refractivity contribution in [1.82, 2.24) is 9.47 Å². The van der Waals surface area contributed by atoms with E-state index in [1.165, 1.54) is 30.5 Å². The number of benzene rings is 2. The first-order valence-electron chi connectivity index (χ1n) is 11.7. The van der Waals surface area contributed by atoms with E-state index in [1.807, 2.05) is 11.5 Å². The van der Waals surface area contributed by atoms with Crippen molar-refractivity contribution in [2.24, 2.45) is 0 Å². The van der Waals surface area contributed by atoms with Gasteiger partial charge in [-0.05, 0) is 62.7 Å². The maximum Gasteiger partial charge on any atom is 0.257 e. The zero-order valence-corrected chi connectivity index (χ0v) is 22.7. The normalized spacial score (nSPS) is 16.1. The van der Waals surface area contributed by atoms with E-state index in [-0.39, 0.29) is 23.3 Å². The summed E-state index contributed by atoms with van der Waals surface area (Å²) >= 11 is 0. The van der Waals surface area contributed by atoms with Gasteiger partial charge in [0.25, 0.3) is 11.8 Å². The lowest BCUT2D eigenvalue weighted by molar-refractivity contribution is 0.0793. The number of nitrogens with one attached hydrogen (secondary N) is 1. The molecule has 0 spiro atoms. The molecule has 3 aromatic rings. The Bertz CT molecular complexity index is 1590. The number of likely N-dealkylation sites (tertiary alicyclic amines) is 1. The summed E-state index contributed by atoms with van der Waals surface area (Å²) < 4.78 is 49.1. The summed E-state index contributed by atoms with van der Waals surface area (Å²) in [5, 5.41) is 2.22. The molecule has 1 unspecified atom stereocenters. The predicted octanol–water partition coefficient (Wildman–Crippen LogP) is 3.01. The molecule has 4 rings (SSSR count). The smallest absolute Gasteiger partial charge is 0.257 e. The van der Waals surface area contributed by atoms with Crippen LogP contribution in [0.15, 0.2) is 59.5 Å². The van der Waals surface area contributed by atoms with E-state index in [1.54, 1.807) is 42.2 Å². The average Bonchev–Trinajstić information content (AvgIpc) is 3.43. The number of carbonyl (C=O) groups excluding carboxylic acids is 2. The highest BCUT2D eigenvalue weighted by molar-refractivity contribution is 7.91. The lowest BCUT2D eigenvalue weighted by atomic mass is 10.1. The molecule has 1 fully saturated rings. The third-order valence-corrected chi connectivity index (χ3v) is 9.35. The Hall–Kier alpha value is -3.44. The molecule has 1 saturated heterocycles. The van der Waals surface area contributed by atoms with Gasteiger partial charge in [-0.1, -0.05) is 12.1 Å². The highest BCUT2D eigenvalue weighted by atomic mass is 32.2. The van der Waals surface area contributed by atoms with Gasteiger partial charge in [-0.25, -0.2) is 16.8 Å². The van der Waals surface area contributed by atoms with Crippen molar-refractivity contribution in [3.05, 3.63) is 77.1 Å². The molecule has 196 valence electrons. The van der Waals surface area contributed by atoms with Crippen molar-refractivity contribution < 1.29 is 26.4 Å². The van der Waals surface area contributed by atoms with E-state index in [0.29, 0.717) is 41.2 Å². The minimum Gasteiger partial charge on any atom is -0.337 e. The van der Waals surface area contributed by atoms with Crippen LogP contribution in [-0.4, -0.2) is 69.0 Å². The number of hydrogen-bond acceptors (Lipinski definition) is 6. The van der Waals surface area contributed by atoms with E-state index >= 15 is 0 Å². The molecule has 1 aliphatic rings. The molecule has 1 aromatic heterocycles. The Morgan fingerprint density at radius 3 is 2.16 bits per heavy atom. The summed E-state index contributed by atoms with van der Waals surface area (Å²) in [4.78, 5) is 28.2. The summed E-state index contributed by atoms with van der Waals surface area (Å²) in [6.45, 7) is 4.13. The summed E-state index contributed by atoms with van der Waals surface area (Å²) in [5.74, 6) is -0.628. The zero-order valence-electron chi connectivity index (χ0n) is 21.1. The van der Waals surface area contributed by atoms with Crippen molar-refractivity contribution in [2.75, 3.05) is 30.9 Å². The van der Waals surface area contributed by atoms with Crippen LogP contribution < -0.4 is 5.32 Å². The Balaban J connectivity index is 1.62. The second-order valence-electron chi connectivity index (χ2n) is 9.38. The molecule has 9 nitrogen and oxygen atoms in total. The van der Waals surface area contributed by atoms with Crippen molar-refractivity contribution in [3.8, 4) is 5.69 Å². The van der Waals surface area contributed by atoms with Crippen molar-refractivity contribution >= 4 is 37.2 Å². The van der Waals surface area contributed by atoms with Gasteiger partial charge in [-0.15, -0.1) is 0 Å². The van der Waals surface area contributed by atoms with Crippen LogP contribution in [0.25, 0.3) is 5.69 Å². The highest BCUT2D eigenvalue weighted by Crippen LogP contribution is 2.27. The number of nitrogens with zero attached hydrogens (tertiary/aromatic N) is 2. The molecule has 1 N–H and O–H groups in total. The van der Waals surface area contributed by atoms with Gasteiger partial charge in [0.05, 0.1) is 27.0 Å². The fraction of sp³-hybridized carbons (Fsp3) is 0.308. The second-order valence-corrected chi connectivity index (χ2v) is 13.7. The molecule has 2 aromatic carbocycles. The number of sulfone groups is 2. The Kier molecular flexibility index (Phi) is 7.04. The predicted molar refractivity (Wildman–Crippen MR) is 142 cm³/mol. The molecule has 0 saturated carbocycles. The van der Waals surface area contributed by atoms with Crippen LogP contribution in [0.1, 0.15) is 38.5 Å². The summed E-state index contributed by atoms with van der Waals surface area (Å²) in [7, 11) is -6.59. The minimum atomic E-state index is -3.34. The lowest BCUT2D eigenvalue weighted by Gasteiger charge is -2.20. The van der Waals surface area contributed by atoms with Gasteiger partial charge >= 0.3 is 0 Å². The fourth-order valence-corrected chi connectivity index (χ4v) is 6.24. The second kappa shape index (κ2) is 9.79. The van der Waals surface area contributed by atoms with Crippen LogP contribution in [-0.2, 0) is 19.7 Å². The molecule has 0 bridgehead atoms. The maximum atomic E-state index is 13.4. The number of para-hydroxylation sites is 1. The number of hydrogen-bond donors (Lipinski definition) is 1. The van der Waals surface area contributed by atoms with Crippen LogP contribution in [0.4, 0.5) is 5.69 Å². The number of aromatic nitrogens is 1. The standard InChI is InChI=1S/C26H29N3O6S2/c1-17-15-23(25(30)27-19-9-11-20(12-10-19)36(3,32)33)18(2)29(17)24-8-6-5-7-22(24)26(31)28-14-13-21(16-28)37(4,34)35/h5-12,15,21H,13-14,16H2,1-4H3,(H,27,30). The average molecular weight is 544 g/mol. The number of rotatable bonds is 6. The van der Waals surface area contributed by atoms with Crippen LogP contribution in [0.5, 0.6) is 0 Å². The van der Waals surface area contributed by atoms with E-state index in [0.717, 1.165) is 11.9 Å². The van der Waals surface area contributed by atoms with Crippen molar-refractivity contribution in [1.29, 1.82) is 0 Å². The lowest BCUT2D eigenvalue weighted by Crippen LogP contribution is -2.32. The van der Waals surface area contributed by atoms with Crippen LogP contribution in [0.2, 0.25) is 0 Å².